The van der Waals surface area contributed by atoms with Gasteiger partial charge in [-0.15, -0.1) is 11.3 Å². The fourth-order valence-electron chi connectivity index (χ4n) is 2.82. The van der Waals surface area contributed by atoms with Gasteiger partial charge in [0.15, 0.2) is 0 Å². The number of benzene rings is 1. The first-order chi connectivity index (χ1) is 12.8. The molecule has 1 amide bonds. The zero-order valence-corrected chi connectivity index (χ0v) is 15.2. The highest BCUT2D eigenvalue weighted by Crippen LogP contribution is 2.36. The molecule has 4 rings (SSSR count). The predicted molar refractivity (Wildman–Crippen MR) is 92.5 cm³/mol. The van der Waals surface area contributed by atoms with Gasteiger partial charge < -0.3 is 9.42 Å². The van der Waals surface area contributed by atoms with Crippen LogP contribution >= 0.6 is 22.9 Å². The van der Waals surface area contributed by atoms with E-state index in [2.05, 4.69) is 14.7 Å². The Bertz CT molecular complexity index is 998. The van der Waals surface area contributed by atoms with Gasteiger partial charge in [0, 0.05) is 22.0 Å². The van der Waals surface area contributed by atoms with Crippen LogP contribution < -0.4 is 0 Å². The molecule has 5 nitrogen and oxygen atoms in total. The standard InChI is InChI=1S/C17H11ClF3N3O2S/c18-11-3-1-9(2-4-11)15(25)24-6-5-10-7-12(27-13(10)8-24)14-22-16(26-23-14)17(19,20)21/h1-4,7H,5-6,8H2. The molecule has 27 heavy (non-hydrogen) atoms. The molecule has 0 bridgehead atoms. The molecular weight excluding hydrogens is 403 g/mol. The number of fused-ring (bicyclic) bond motifs is 1. The van der Waals surface area contributed by atoms with E-state index in [0.29, 0.717) is 35.0 Å². The van der Waals surface area contributed by atoms with E-state index in [1.807, 2.05) is 0 Å². The summed E-state index contributed by atoms with van der Waals surface area (Å²) in [6.07, 6.45) is -4.07. The Kier molecular flexibility index (Phi) is 4.43. The van der Waals surface area contributed by atoms with E-state index in [1.54, 1.807) is 35.2 Å². The average Bonchev–Trinajstić information content (AvgIpc) is 3.27. The topological polar surface area (TPSA) is 59.2 Å². The van der Waals surface area contributed by atoms with Gasteiger partial charge in [-0.25, -0.2) is 0 Å². The van der Waals surface area contributed by atoms with E-state index in [-0.39, 0.29) is 11.7 Å². The SMILES string of the molecule is O=C(c1ccc(Cl)cc1)N1CCc2cc(-c3noc(C(F)(F)F)n3)sc2C1. The second kappa shape index (κ2) is 6.65. The van der Waals surface area contributed by atoms with Crippen LogP contribution in [0, 0.1) is 0 Å². The number of alkyl halides is 3. The van der Waals surface area contributed by atoms with Crippen LogP contribution in [0.15, 0.2) is 34.9 Å². The Hall–Kier alpha value is -2.39. The predicted octanol–water partition coefficient (Wildman–Crippen LogP) is 4.67. The number of thiophene rings is 1. The minimum atomic E-state index is -4.68. The highest BCUT2D eigenvalue weighted by molar-refractivity contribution is 7.15. The molecule has 1 aliphatic rings. The third-order valence-corrected chi connectivity index (χ3v) is 5.56. The van der Waals surface area contributed by atoms with Crippen molar-refractivity contribution in [2.75, 3.05) is 6.54 Å². The quantitative estimate of drug-likeness (QED) is 0.612. The van der Waals surface area contributed by atoms with E-state index in [1.165, 1.54) is 11.3 Å². The molecular formula is C17H11ClF3N3O2S. The molecule has 0 saturated heterocycles. The van der Waals surface area contributed by atoms with E-state index in [0.717, 1.165) is 10.4 Å². The lowest BCUT2D eigenvalue weighted by atomic mass is 10.1. The maximum Gasteiger partial charge on any atom is 0.471 e. The van der Waals surface area contributed by atoms with Gasteiger partial charge >= 0.3 is 12.1 Å². The summed E-state index contributed by atoms with van der Waals surface area (Å²) in [6.45, 7) is 0.899. The molecule has 0 N–H and O–H groups in total. The van der Waals surface area contributed by atoms with Crippen LogP contribution in [0.5, 0.6) is 0 Å². The normalized spacial score (nSPS) is 14.3. The molecule has 3 aromatic rings. The van der Waals surface area contributed by atoms with Crippen molar-refractivity contribution in [2.45, 2.75) is 19.1 Å². The first-order valence-electron chi connectivity index (χ1n) is 7.89. The fraction of sp³-hybridized carbons (Fsp3) is 0.235. The number of halogens is 4. The van der Waals surface area contributed by atoms with Gasteiger partial charge in [-0.05, 0) is 42.3 Å². The third-order valence-electron chi connectivity index (χ3n) is 4.15. The summed E-state index contributed by atoms with van der Waals surface area (Å²) in [4.78, 5) is 19.1. The monoisotopic (exact) mass is 413 g/mol. The molecule has 0 spiro atoms. The van der Waals surface area contributed by atoms with Gasteiger partial charge in [0.2, 0.25) is 5.82 Å². The zero-order valence-electron chi connectivity index (χ0n) is 13.6. The summed E-state index contributed by atoms with van der Waals surface area (Å²) < 4.78 is 42.2. The number of carbonyl (C=O) groups excluding carboxylic acids is 1. The summed E-state index contributed by atoms with van der Waals surface area (Å²) in [6, 6.07) is 8.40. The van der Waals surface area contributed by atoms with Crippen LogP contribution in [-0.2, 0) is 19.1 Å². The molecule has 0 fully saturated rings. The molecule has 2 aromatic heterocycles. The van der Waals surface area contributed by atoms with Crippen LogP contribution in [0.1, 0.15) is 26.7 Å². The van der Waals surface area contributed by atoms with Crippen LogP contribution in [0.4, 0.5) is 13.2 Å². The van der Waals surface area contributed by atoms with Crippen molar-refractivity contribution in [1.82, 2.24) is 15.0 Å². The van der Waals surface area contributed by atoms with Crippen LogP contribution in [0.3, 0.4) is 0 Å². The Labute approximate surface area is 160 Å². The van der Waals surface area contributed by atoms with Crippen molar-refractivity contribution in [3.63, 3.8) is 0 Å². The molecule has 0 radical (unpaired) electrons. The smallest absolute Gasteiger partial charge is 0.333 e. The molecule has 1 aliphatic heterocycles. The average molecular weight is 414 g/mol. The number of hydrogen-bond acceptors (Lipinski definition) is 5. The number of amides is 1. The van der Waals surface area contributed by atoms with Gasteiger partial charge in [-0.1, -0.05) is 16.8 Å². The van der Waals surface area contributed by atoms with Gasteiger partial charge in [0.25, 0.3) is 5.91 Å². The van der Waals surface area contributed by atoms with Gasteiger partial charge in [0.05, 0.1) is 11.4 Å². The molecule has 10 heteroatoms. The zero-order chi connectivity index (χ0) is 19.2. The molecule has 140 valence electrons. The summed E-state index contributed by atoms with van der Waals surface area (Å²) in [5, 5.41) is 3.97. The van der Waals surface area contributed by atoms with Gasteiger partial charge in [0.1, 0.15) is 0 Å². The van der Waals surface area contributed by atoms with Crippen LogP contribution in [-0.4, -0.2) is 27.5 Å². The lowest BCUT2D eigenvalue weighted by Gasteiger charge is -2.27. The van der Waals surface area contributed by atoms with Crippen molar-refractivity contribution in [1.29, 1.82) is 0 Å². The summed E-state index contributed by atoms with van der Waals surface area (Å²) in [7, 11) is 0. The maximum absolute atomic E-state index is 12.6. The van der Waals surface area contributed by atoms with Crippen molar-refractivity contribution in [3.05, 3.63) is 57.2 Å². The number of hydrogen-bond donors (Lipinski definition) is 0. The van der Waals surface area contributed by atoms with E-state index >= 15 is 0 Å². The summed E-state index contributed by atoms with van der Waals surface area (Å²) >= 11 is 7.11. The molecule has 0 atom stereocenters. The van der Waals surface area contributed by atoms with E-state index < -0.39 is 12.1 Å². The fourth-order valence-corrected chi connectivity index (χ4v) is 4.10. The van der Waals surface area contributed by atoms with Crippen molar-refractivity contribution in [2.24, 2.45) is 0 Å². The summed E-state index contributed by atoms with van der Waals surface area (Å²) in [5.74, 6) is -1.59. The number of aromatic nitrogens is 2. The number of nitrogens with zero attached hydrogens (tertiary/aromatic N) is 3. The first-order valence-corrected chi connectivity index (χ1v) is 9.08. The minimum Gasteiger partial charge on any atom is -0.333 e. The lowest BCUT2D eigenvalue weighted by molar-refractivity contribution is -0.159. The number of carbonyl (C=O) groups is 1. The second-order valence-corrected chi connectivity index (χ2v) is 7.54. The first kappa shape index (κ1) is 18.0. The Morgan fingerprint density at radius 3 is 2.67 bits per heavy atom. The van der Waals surface area contributed by atoms with Crippen LogP contribution in [0.25, 0.3) is 10.7 Å². The number of rotatable bonds is 2. The Balaban J connectivity index is 1.55. The molecule has 0 saturated carbocycles. The third kappa shape index (κ3) is 3.57. The Morgan fingerprint density at radius 2 is 2.00 bits per heavy atom. The van der Waals surface area contributed by atoms with E-state index in [9.17, 15) is 18.0 Å². The lowest BCUT2D eigenvalue weighted by Crippen LogP contribution is -2.35. The maximum atomic E-state index is 12.6. The van der Waals surface area contributed by atoms with E-state index in [4.69, 9.17) is 11.6 Å². The Morgan fingerprint density at radius 1 is 1.26 bits per heavy atom. The van der Waals surface area contributed by atoms with Crippen LogP contribution in [0.2, 0.25) is 5.02 Å². The molecule has 0 aliphatic carbocycles. The van der Waals surface area contributed by atoms with Crippen molar-refractivity contribution in [3.8, 4) is 10.7 Å². The largest absolute Gasteiger partial charge is 0.471 e. The highest BCUT2D eigenvalue weighted by atomic mass is 35.5. The minimum absolute atomic E-state index is 0.0997. The van der Waals surface area contributed by atoms with Crippen molar-refractivity contribution >= 4 is 28.8 Å². The van der Waals surface area contributed by atoms with Gasteiger partial charge in [-0.3, -0.25) is 4.79 Å². The molecule has 3 heterocycles. The van der Waals surface area contributed by atoms with Gasteiger partial charge in [-0.2, -0.15) is 18.2 Å². The molecule has 0 unspecified atom stereocenters. The molecule has 1 aromatic carbocycles. The van der Waals surface area contributed by atoms with Crippen molar-refractivity contribution < 1.29 is 22.5 Å². The second-order valence-electron chi connectivity index (χ2n) is 5.96. The summed E-state index contributed by atoms with van der Waals surface area (Å²) in [5.41, 5.74) is 1.51. The highest BCUT2D eigenvalue weighted by Gasteiger charge is 2.38.